The van der Waals surface area contributed by atoms with Crippen LogP contribution in [0, 0.1) is 5.92 Å². The maximum atomic E-state index is 11.7. The number of hydrogen-bond acceptors (Lipinski definition) is 1. The summed E-state index contributed by atoms with van der Waals surface area (Å²) in [5.74, 6) is 0.840. The summed E-state index contributed by atoms with van der Waals surface area (Å²) in [6.45, 7) is 3.07. The first kappa shape index (κ1) is 16.8. The monoisotopic (exact) mass is 287 g/mol. The van der Waals surface area contributed by atoms with Crippen LogP contribution in [0.4, 0.5) is 0 Å². The van der Waals surface area contributed by atoms with Gasteiger partial charge < -0.3 is 5.32 Å². The Balaban J connectivity index is 1.88. The summed E-state index contributed by atoms with van der Waals surface area (Å²) in [6, 6.07) is 0. The van der Waals surface area contributed by atoms with E-state index in [1.54, 1.807) is 0 Å². The number of hydrogen-bond donors (Lipinski definition) is 1. The van der Waals surface area contributed by atoms with E-state index in [-0.39, 0.29) is 5.91 Å². The lowest BCUT2D eigenvalue weighted by molar-refractivity contribution is -0.121. The molecule has 0 heterocycles. The van der Waals surface area contributed by atoms with Crippen LogP contribution < -0.4 is 5.32 Å². The quantitative estimate of drug-likeness (QED) is 0.460. The van der Waals surface area contributed by atoms with E-state index in [4.69, 9.17) is 11.6 Å². The van der Waals surface area contributed by atoms with Gasteiger partial charge in [0.2, 0.25) is 5.91 Å². The number of rotatable bonds is 10. The van der Waals surface area contributed by atoms with Gasteiger partial charge in [0.15, 0.2) is 0 Å². The summed E-state index contributed by atoms with van der Waals surface area (Å²) < 4.78 is 0. The fourth-order valence-corrected chi connectivity index (χ4v) is 3.17. The van der Waals surface area contributed by atoms with Crippen molar-refractivity contribution in [2.75, 3.05) is 6.54 Å². The molecule has 1 fully saturated rings. The zero-order chi connectivity index (χ0) is 13.9. The van der Waals surface area contributed by atoms with E-state index in [1.165, 1.54) is 44.9 Å². The van der Waals surface area contributed by atoms with E-state index in [1.807, 2.05) is 0 Å². The van der Waals surface area contributed by atoms with Gasteiger partial charge in [-0.1, -0.05) is 45.4 Å². The van der Waals surface area contributed by atoms with E-state index in [0.29, 0.717) is 17.7 Å². The Morgan fingerprint density at radius 2 is 1.79 bits per heavy atom. The second-order valence-corrected chi connectivity index (χ2v) is 6.57. The highest BCUT2D eigenvalue weighted by Crippen LogP contribution is 2.28. The molecule has 0 radical (unpaired) electrons. The number of carbonyl (C=O) groups is 1. The summed E-state index contributed by atoms with van der Waals surface area (Å²) in [7, 11) is 0. The number of unbranched alkanes of at least 4 members (excludes halogenated alkanes) is 6. The summed E-state index contributed by atoms with van der Waals surface area (Å²) >= 11 is 6.06. The van der Waals surface area contributed by atoms with Crippen molar-refractivity contribution in [2.24, 2.45) is 5.92 Å². The smallest absolute Gasteiger partial charge is 0.220 e. The van der Waals surface area contributed by atoms with Gasteiger partial charge >= 0.3 is 0 Å². The summed E-state index contributed by atoms with van der Waals surface area (Å²) in [5.41, 5.74) is 0. The van der Waals surface area contributed by atoms with Crippen molar-refractivity contribution in [3.8, 4) is 0 Å². The van der Waals surface area contributed by atoms with Crippen LogP contribution in [0.5, 0.6) is 0 Å². The Bertz CT molecular complexity index is 245. The molecular weight excluding hydrogens is 258 g/mol. The van der Waals surface area contributed by atoms with Gasteiger partial charge in [-0.3, -0.25) is 4.79 Å². The molecule has 0 saturated heterocycles. The molecule has 0 aromatic rings. The van der Waals surface area contributed by atoms with Gasteiger partial charge in [-0.15, -0.1) is 11.6 Å². The number of nitrogens with one attached hydrogen (secondary N) is 1. The molecule has 0 aromatic carbocycles. The number of alkyl halides is 1. The van der Waals surface area contributed by atoms with Crippen LogP contribution in [0.3, 0.4) is 0 Å². The van der Waals surface area contributed by atoms with Crippen molar-refractivity contribution in [1.29, 1.82) is 0 Å². The van der Waals surface area contributed by atoms with Crippen molar-refractivity contribution in [3.63, 3.8) is 0 Å². The first-order valence-electron chi connectivity index (χ1n) is 8.13. The van der Waals surface area contributed by atoms with Crippen molar-refractivity contribution in [3.05, 3.63) is 0 Å². The molecule has 1 rings (SSSR count). The molecule has 0 aliphatic heterocycles. The molecule has 0 spiro atoms. The molecular formula is C16H30ClNO. The van der Waals surface area contributed by atoms with Gasteiger partial charge in [0.1, 0.15) is 0 Å². The Morgan fingerprint density at radius 3 is 2.42 bits per heavy atom. The topological polar surface area (TPSA) is 29.1 Å². The minimum absolute atomic E-state index is 0.228. The Labute approximate surface area is 123 Å². The second kappa shape index (κ2) is 10.5. The molecule has 3 heteroatoms. The molecule has 19 heavy (non-hydrogen) atoms. The van der Waals surface area contributed by atoms with Gasteiger partial charge in [-0.25, -0.2) is 0 Å². The largest absolute Gasteiger partial charge is 0.356 e. The van der Waals surface area contributed by atoms with Crippen molar-refractivity contribution in [1.82, 2.24) is 5.32 Å². The SMILES string of the molecule is CCCCCCCCCC(=O)NCC1CCC(Cl)C1. The fraction of sp³-hybridized carbons (Fsp3) is 0.938. The molecule has 1 saturated carbocycles. The molecule has 112 valence electrons. The van der Waals surface area contributed by atoms with Gasteiger partial charge in [-0.2, -0.15) is 0 Å². The first-order chi connectivity index (χ1) is 9.22. The molecule has 0 bridgehead atoms. The number of halogens is 1. The third kappa shape index (κ3) is 8.52. The normalized spacial score (nSPS) is 22.6. The van der Waals surface area contributed by atoms with E-state index < -0.39 is 0 Å². The lowest BCUT2D eigenvalue weighted by Gasteiger charge is -2.10. The first-order valence-corrected chi connectivity index (χ1v) is 8.56. The van der Waals surface area contributed by atoms with Gasteiger partial charge in [0, 0.05) is 18.3 Å². The predicted octanol–water partition coefficient (Wildman–Crippen LogP) is 4.65. The molecule has 0 aromatic heterocycles. The van der Waals surface area contributed by atoms with E-state index in [0.717, 1.165) is 25.8 Å². The molecule has 1 aliphatic carbocycles. The van der Waals surface area contributed by atoms with E-state index in [9.17, 15) is 4.79 Å². The number of carbonyl (C=O) groups excluding carboxylic acids is 1. The Morgan fingerprint density at radius 1 is 1.11 bits per heavy atom. The van der Waals surface area contributed by atoms with Crippen LogP contribution in [-0.2, 0) is 4.79 Å². The van der Waals surface area contributed by atoms with Crippen molar-refractivity contribution < 1.29 is 4.79 Å². The highest BCUT2D eigenvalue weighted by atomic mass is 35.5. The van der Waals surface area contributed by atoms with Crippen molar-refractivity contribution in [2.45, 2.75) is 82.9 Å². The summed E-state index contributed by atoms with van der Waals surface area (Å²) in [5, 5.41) is 3.40. The van der Waals surface area contributed by atoms with E-state index >= 15 is 0 Å². The molecule has 1 aliphatic rings. The van der Waals surface area contributed by atoms with Crippen LogP contribution in [-0.4, -0.2) is 17.8 Å². The van der Waals surface area contributed by atoms with Crippen LogP contribution >= 0.6 is 11.6 Å². The van der Waals surface area contributed by atoms with Crippen LogP contribution in [0.2, 0.25) is 0 Å². The average molecular weight is 288 g/mol. The molecule has 2 nitrogen and oxygen atoms in total. The highest BCUT2D eigenvalue weighted by molar-refractivity contribution is 6.20. The molecule has 1 amide bonds. The minimum atomic E-state index is 0.228. The zero-order valence-corrected chi connectivity index (χ0v) is 13.2. The fourth-order valence-electron chi connectivity index (χ4n) is 2.79. The zero-order valence-electron chi connectivity index (χ0n) is 12.4. The Hall–Kier alpha value is -0.240. The highest BCUT2D eigenvalue weighted by Gasteiger charge is 2.22. The van der Waals surface area contributed by atoms with Crippen LogP contribution in [0.25, 0.3) is 0 Å². The summed E-state index contributed by atoms with van der Waals surface area (Å²) in [4.78, 5) is 11.7. The molecule has 2 unspecified atom stereocenters. The summed E-state index contributed by atoms with van der Waals surface area (Å²) in [6.07, 6.45) is 12.9. The predicted molar refractivity (Wildman–Crippen MR) is 82.6 cm³/mol. The lowest BCUT2D eigenvalue weighted by Crippen LogP contribution is -2.28. The number of amides is 1. The third-order valence-electron chi connectivity index (χ3n) is 4.07. The van der Waals surface area contributed by atoms with Crippen LogP contribution in [0.15, 0.2) is 0 Å². The molecule has 2 atom stereocenters. The minimum Gasteiger partial charge on any atom is -0.356 e. The van der Waals surface area contributed by atoms with Gasteiger partial charge in [0.25, 0.3) is 0 Å². The Kier molecular flexibility index (Phi) is 9.32. The third-order valence-corrected chi connectivity index (χ3v) is 4.47. The second-order valence-electron chi connectivity index (χ2n) is 5.95. The van der Waals surface area contributed by atoms with Gasteiger partial charge in [0.05, 0.1) is 0 Å². The van der Waals surface area contributed by atoms with E-state index in [2.05, 4.69) is 12.2 Å². The standard InChI is InChI=1S/C16H30ClNO/c1-2-3-4-5-6-7-8-9-16(19)18-13-14-10-11-15(17)12-14/h14-15H,2-13H2,1H3,(H,18,19). The maximum Gasteiger partial charge on any atom is 0.220 e. The van der Waals surface area contributed by atoms with Crippen LogP contribution in [0.1, 0.15) is 77.6 Å². The molecule has 1 N–H and O–H groups in total. The van der Waals surface area contributed by atoms with Gasteiger partial charge in [-0.05, 0) is 31.6 Å². The van der Waals surface area contributed by atoms with Crippen molar-refractivity contribution >= 4 is 17.5 Å². The lowest BCUT2D eigenvalue weighted by atomic mass is 10.1. The maximum absolute atomic E-state index is 11.7. The average Bonchev–Trinajstić information content (AvgIpc) is 2.81.